The molecule has 0 spiro atoms. The molecule has 7 heteroatoms. The summed E-state index contributed by atoms with van der Waals surface area (Å²) in [5.74, 6) is 1.41. The van der Waals surface area contributed by atoms with Crippen LogP contribution in [0, 0.1) is 0 Å². The average Bonchev–Trinajstić information content (AvgIpc) is 2.82. The summed E-state index contributed by atoms with van der Waals surface area (Å²) in [6, 6.07) is 3.05. The lowest BCUT2D eigenvalue weighted by atomic mass is 10.6. The van der Waals surface area contributed by atoms with Crippen LogP contribution in [-0.4, -0.2) is 34.4 Å². The molecule has 0 saturated carbocycles. The van der Waals surface area contributed by atoms with E-state index in [0.29, 0.717) is 12.5 Å². The lowest BCUT2D eigenvalue weighted by molar-refractivity contribution is 0.0788. The van der Waals surface area contributed by atoms with Crippen LogP contribution in [0.25, 0.3) is 0 Å². The molecular weight excluding hydrogens is 270 g/mol. The zero-order valence-electron chi connectivity index (χ0n) is 12.2. The van der Waals surface area contributed by atoms with Crippen molar-refractivity contribution < 1.29 is 4.74 Å². The highest BCUT2D eigenvalue weighted by Crippen LogP contribution is 2.10. The van der Waals surface area contributed by atoms with Crippen molar-refractivity contribution in [2.75, 3.05) is 11.9 Å². The van der Waals surface area contributed by atoms with Crippen LogP contribution in [0.1, 0.15) is 0 Å². The highest BCUT2D eigenvalue weighted by atomic mass is 28.3. The Labute approximate surface area is 120 Å². The van der Waals surface area contributed by atoms with Gasteiger partial charge in [0.1, 0.15) is 12.5 Å². The fourth-order valence-corrected chi connectivity index (χ4v) is 2.29. The summed E-state index contributed by atoms with van der Waals surface area (Å²) in [5, 5.41) is 7.45. The number of hydrogen-bond donors (Lipinski definition) is 1. The van der Waals surface area contributed by atoms with Crippen LogP contribution in [0.3, 0.4) is 0 Å². The number of ether oxygens (including phenoxy) is 1. The van der Waals surface area contributed by atoms with Crippen molar-refractivity contribution in [1.29, 1.82) is 0 Å². The van der Waals surface area contributed by atoms with E-state index in [1.807, 2.05) is 12.3 Å². The summed E-state index contributed by atoms with van der Waals surface area (Å²) < 4.78 is 7.41. The van der Waals surface area contributed by atoms with Gasteiger partial charge >= 0.3 is 0 Å². The van der Waals surface area contributed by atoms with E-state index in [-0.39, 0.29) is 0 Å². The molecule has 0 atom stereocenters. The number of nitrogens with one attached hydrogen (secondary N) is 1. The minimum absolute atomic E-state index is 0.479. The topological polar surface area (TPSA) is 64.9 Å². The Morgan fingerprint density at radius 2 is 2.10 bits per heavy atom. The zero-order valence-corrected chi connectivity index (χ0v) is 13.2. The van der Waals surface area contributed by atoms with Gasteiger partial charge in [0.25, 0.3) is 0 Å². The predicted octanol–water partition coefficient (Wildman–Crippen LogP) is 2.73. The van der Waals surface area contributed by atoms with E-state index in [1.165, 1.54) is 6.04 Å². The maximum atomic E-state index is 5.64. The predicted molar refractivity (Wildman–Crippen MR) is 81.6 cm³/mol. The molecule has 2 aromatic heterocycles. The first-order valence-corrected chi connectivity index (χ1v) is 10.4. The number of aromatic nitrogens is 4. The van der Waals surface area contributed by atoms with E-state index in [1.54, 1.807) is 23.3 Å². The minimum atomic E-state index is -1.02. The van der Waals surface area contributed by atoms with Crippen molar-refractivity contribution in [3.8, 4) is 0 Å². The molecule has 0 radical (unpaired) electrons. The fraction of sp³-hybridized carbons (Fsp3) is 0.462. The van der Waals surface area contributed by atoms with Crippen molar-refractivity contribution in [2.45, 2.75) is 32.4 Å². The van der Waals surface area contributed by atoms with E-state index in [9.17, 15) is 0 Å². The quantitative estimate of drug-likeness (QED) is 0.627. The molecule has 20 heavy (non-hydrogen) atoms. The van der Waals surface area contributed by atoms with Gasteiger partial charge in [0.15, 0.2) is 5.82 Å². The number of nitrogens with zero attached hydrogens (tertiary/aromatic N) is 4. The number of anilines is 2. The lowest BCUT2D eigenvalue weighted by Gasteiger charge is -2.15. The Morgan fingerprint density at radius 1 is 1.25 bits per heavy atom. The largest absolute Gasteiger partial charge is 0.360 e. The summed E-state index contributed by atoms with van der Waals surface area (Å²) in [6.07, 6.45) is 6.81. The van der Waals surface area contributed by atoms with Crippen LogP contribution < -0.4 is 5.32 Å². The van der Waals surface area contributed by atoms with E-state index < -0.39 is 8.07 Å². The smallest absolute Gasteiger partial charge is 0.153 e. The standard InChI is InChI=1S/C13H21N5OSi/c1-20(2,3)9-8-19-11-18-7-4-12(17-18)16-13-10-14-5-6-15-13/h4-7,10H,8-9,11H2,1-3H3,(H,15,16,17). The molecule has 0 fully saturated rings. The lowest BCUT2D eigenvalue weighted by Crippen LogP contribution is -2.22. The first-order chi connectivity index (χ1) is 9.53. The molecule has 0 aliphatic carbocycles. The molecule has 0 unspecified atom stereocenters. The summed E-state index contributed by atoms with van der Waals surface area (Å²) in [5.41, 5.74) is 0. The molecule has 0 aliphatic heterocycles. The molecule has 0 aliphatic rings. The van der Waals surface area contributed by atoms with Gasteiger partial charge in [-0.15, -0.1) is 0 Å². The summed E-state index contributed by atoms with van der Waals surface area (Å²) >= 11 is 0. The average molecular weight is 291 g/mol. The Hall–Kier alpha value is -1.73. The maximum absolute atomic E-state index is 5.64. The molecule has 0 saturated heterocycles. The molecule has 2 heterocycles. The van der Waals surface area contributed by atoms with Gasteiger partial charge in [-0.2, -0.15) is 5.10 Å². The second-order valence-corrected chi connectivity index (χ2v) is 11.4. The second-order valence-electron chi connectivity index (χ2n) is 5.80. The molecule has 6 nitrogen and oxygen atoms in total. The normalized spacial score (nSPS) is 11.6. The van der Waals surface area contributed by atoms with Crippen LogP contribution in [0.15, 0.2) is 30.9 Å². The van der Waals surface area contributed by atoms with E-state index >= 15 is 0 Å². The molecule has 0 bridgehead atoms. The fourth-order valence-electron chi connectivity index (χ4n) is 1.53. The van der Waals surface area contributed by atoms with Gasteiger partial charge in [-0.25, -0.2) is 9.67 Å². The molecular formula is C13H21N5OSi. The van der Waals surface area contributed by atoms with Gasteiger partial charge in [0.05, 0.1) is 6.20 Å². The third kappa shape index (κ3) is 5.10. The Kier molecular flexibility index (Phi) is 4.86. The van der Waals surface area contributed by atoms with Crippen molar-refractivity contribution in [3.63, 3.8) is 0 Å². The zero-order chi connectivity index (χ0) is 14.4. The van der Waals surface area contributed by atoms with Crippen molar-refractivity contribution in [2.24, 2.45) is 0 Å². The molecule has 1 N–H and O–H groups in total. The summed E-state index contributed by atoms with van der Waals surface area (Å²) in [7, 11) is -1.02. The van der Waals surface area contributed by atoms with Gasteiger partial charge in [0, 0.05) is 39.3 Å². The van der Waals surface area contributed by atoms with Gasteiger partial charge in [-0.3, -0.25) is 4.98 Å². The van der Waals surface area contributed by atoms with E-state index in [0.717, 1.165) is 12.4 Å². The maximum Gasteiger partial charge on any atom is 0.153 e. The van der Waals surface area contributed by atoms with Crippen LogP contribution in [0.2, 0.25) is 25.7 Å². The van der Waals surface area contributed by atoms with Crippen molar-refractivity contribution >= 4 is 19.7 Å². The van der Waals surface area contributed by atoms with E-state index in [4.69, 9.17) is 4.74 Å². The molecule has 0 amide bonds. The third-order valence-electron chi connectivity index (χ3n) is 2.68. The second kappa shape index (κ2) is 6.62. The van der Waals surface area contributed by atoms with Gasteiger partial charge in [-0.05, 0) is 6.04 Å². The Bertz CT molecular complexity index is 523. The van der Waals surface area contributed by atoms with Gasteiger partial charge in [0.2, 0.25) is 0 Å². The third-order valence-corrected chi connectivity index (χ3v) is 4.38. The van der Waals surface area contributed by atoms with E-state index in [2.05, 4.69) is 40.0 Å². The van der Waals surface area contributed by atoms with Crippen LogP contribution >= 0.6 is 0 Å². The molecule has 108 valence electrons. The number of rotatable bonds is 7. The first-order valence-electron chi connectivity index (χ1n) is 6.67. The SMILES string of the molecule is C[Si](C)(C)CCOCn1ccc(Nc2cnccn2)n1. The van der Waals surface area contributed by atoms with Crippen LogP contribution in [0.4, 0.5) is 11.6 Å². The monoisotopic (exact) mass is 291 g/mol. The molecule has 2 aromatic rings. The van der Waals surface area contributed by atoms with Gasteiger partial charge in [-0.1, -0.05) is 19.6 Å². The minimum Gasteiger partial charge on any atom is -0.360 e. The Balaban J connectivity index is 1.78. The summed E-state index contributed by atoms with van der Waals surface area (Å²) in [4.78, 5) is 8.13. The van der Waals surface area contributed by atoms with Gasteiger partial charge < -0.3 is 10.1 Å². The summed E-state index contributed by atoms with van der Waals surface area (Å²) in [6.45, 7) is 8.29. The number of hydrogen-bond acceptors (Lipinski definition) is 5. The molecule has 0 aromatic carbocycles. The van der Waals surface area contributed by atoms with Crippen LogP contribution in [0.5, 0.6) is 0 Å². The first kappa shape index (κ1) is 14.7. The van der Waals surface area contributed by atoms with Crippen LogP contribution in [-0.2, 0) is 11.5 Å². The highest BCUT2D eigenvalue weighted by Gasteiger charge is 2.12. The molecule has 2 rings (SSSR count). The highest BCUT2D eigenvalue weighted by molar-refractivity contribution is 6.76. The van der Waals surface area contributed by atoms with Crippen molar-refractivity contribution in [1.82, 2.24) is 19.7 Å². The Morgan fingerprint density at radius 3 is 2.80 bits per heavy atom. The van der Waals surface area contributed by atoms with Crippen molar-refractivity contribution in [3.05, 3.63) is 30.9 Å².